The fraction of sp³-hybridized carbons (Fsp3) is 0.250. The molecular weight excluding hydrogens is 266 g/mol. The van der Waals surface area contributed by atoms with Crippen LogP contribution in [0, 0.1) is 5.41 Å². The fourth-order valence-corrected chi connectivity index (χ4v) is 2.54. The van der Waals surface area contributed by atoms with Gasteiger partial charge in [-0.1, -0.05) is 17.8 Å². The molecule has 1 atom stereocenters. The second kappa shape index (κ2) is 5.31. The van der Waals surface area contributed by atoms with Crippen LogP contribution in [0.1, 0.15) is 17.7 Å². The number of carbonyl (C=O) groups excluding carboxylic acids is 1. The van der Waals surface area contributed by atoms with Crippen molar-refractivity contribution in [2.24, 2.45) is 10.7 Å². The molecule has 0 radical (unpaired) electrons. The molecule has 3 N–H and O–H groups in total. The molecule has 0 amide bonds. The number of hydrogen-bond donors (Lipinski definition) is 2. The van der Waals surface area contributed by atoms with Crippen LogP contribution < -0.4 is 15.2 Å². The number of methoxy groups -OCH3 is 1. The van der Waals surface area contributed by atoms with Crippen molar-refractivity contribution in [3.05, 3.63) is 23.8 Å². The molecule has 7 heteroatoms. The summed E-state index contributed by atoms with van der Waals surface area (Å²) in [6.45, 7) is 1.32. The Bertz CT molecular complexity index is 571. The number of nitrogens with two attached hydrogens (primary N) is 1. The summed E-state index contributed by atoms with van der Waals surface area (Å²) in [6, 6.07) is 5.19. The molecule has 0 fully saturated rings. The van der Waals surface area contributed by atoms with Crippen LogP contribution in [0.15, 0.2) is 23.2 Å². The zero-order valence-electron chi connectivity index (χ0n) is 10.5. The fourth-order valence-electron chi connectivity index (χ4n) is 1.70. The van der Waals surface area contributed by atoms with Gasteiger partial charge in [-0.3, -0.25) is 10.2 Å². The number of amidine groups is 2. The highest BCUT2D eigenvalue weighted by atomic mass is 32.2. The molecule has 1 aliphatic rings. The highest BCUT2D eigenvalue weighted by Crippen LogP contribution is 2.38. The van der Waals surface area contributed by atoms with Gasteiger partial charge in [0.15, 0.2) is 16.7 Å². The average Bonchev–Trinajstić information content (AvgIpc) is 2.67. The van der Waals surface area contributed by atoms with Crippen LogP contribution in [0.2, 0.25) is 0 Å². The van der Waals surface area contributed by atoms with E-state index in [9.17, 15) is 4.79 Å². The topological polar surface area (TPSA) is 97.8 Å². The largest absolute Gasteiger partial charge is 0.493 e. The van der Waals surface area contributed by atoms with Crippen molar-refractivity contribution in [1.82, 2.24) is 0 Å². The molecule has 0 saturated carbocycles. The SMILES string of the molecule is COc1ccc(C2SC(=N)N=C2N)cc1OC(C)=O. The first-order valence-corrected chi connectivity index (χ1v) is 6.35. The monoisotopic (exact) mass is 279 g/mol. The maximum absolute atomic E-state index is 11.1. The Kier molecular flexibility index (Phi) is 3.75. The highest BCUT2D eigenvalue weighted by Gasteiger charge is 2.26. The molecule has 2 rings (SSSR count). The minimum Gasteiger partial charge on any atom is -0.493 e. The standard InChI is InChI=1S/C12H13N3O3S/c1-6(16)18-9-5-7(3-4-8(9)17-2)10-11(13)15-12(14)19-10/h3-5,10H,1-2H3,(H3,13,14,15). The summed E-state index contributed by atoms with van der Waals surface area (Å²) >= 11 is 1.24. The molecule has 100 valence electrons. The molecule has 6 nitrogen and oxygen atoms in total. The predicted molar refractivity (Wildman–Crippen MR) is 74.0 cm³/mol. The van der Waals surface area contributed by atoms with Crippen molar-refractivity contribution in [2.45, 2.75) is 12.2 Å². The van der Waals surface area contributed by atoms with E-state index in [4.69, 9.17) is 20.6 Å². The number of esters is 1. The van der Waals surface area contributed by atoms with Gasteiger partial charge in [-0.05, 0) is 17.7 Å². The van der Waals surface area contributed by atoms with E-state index in [0.717, 1.165) is 5.56 Å². The summed E-state index contributed by atoms with van der Waals surface area (Å²) in [5, 5.41) is 7.43. The van der Waals surface area contributed by atoms with E-state index in [-0.39, 0.29) is 10.4 Å². The first-order valence-electron chi connectivity index (χ1n) is 5.47. The van der Waals surface area contributed by atoms with Gasteiger partial charge in [-0.15, -0.1) is 0 Å². The lowest BCUT2D eigenvalue weighted by Gasteiger charge is -2.13. The Morgan fingerprint density at radius 2 is 2.21 bits per heavy atom. The molecule has 0 bridgehead atoms. The van der Waals surface area contributed by atoms with Gasteiger partial charge in [0, 0.05) is 6.92 Å². The van der Waals surface area contributed by atoms with Gasteiger partial charge in [0.2, 0.25) is 0 Å². The number of thioether (sulfide) groups is 1. The second-order valence-corrected chi connectivity index (χ2v) is 4.94. The van der Waals surface area contributed by atoms with E-state index in [1.54, 1.807) is 12.1 Å². The van der Waals surface area contributed by atoms with Crippen molar-refractivity contribution in [3.8, 4) is 11.5 Å². The van der Waals surface area contributed by atoms with E-state index in [1.165, 1.54) is 25.8 Å². The van der Waals surface area contributed by atoms with Crippen molar-refractivity contribution >= 4 is 28.7 Å². The van der Waals surface area contributed by atoms with Crippen LogP contribution >= 0.6 is 11.8 Å². The predicted octanol–water partition coefficient (Wildman–Crippen LogP) is 1.70. The van der Waals surface area contributed by atoms with E-state index in [2.05, 4.69) is 4.99 Å². The third kappa shape index (κ3) is 2.87. The van der Waals surface area contributed by atoms with Crippen LogP contribution in [-0.4, -0.2) is 24.1 Å². The number of rotatable bonds is 3. The average molecular weight is 279 g/mol. The summed E-state index contributed by atoms with van der Waals surface area (Å²) in [5.41, 5.74) is 6.58. The summed E-state index contributed by atoms with van der Waals surface area (Å²) < 4.78 is 10.2. The van der Waals surface area contributed by atoms with E-state index in [1.807, 2.05) is 6.07 Å². The Morgan fingerprint density at radius 1 is 1.47 bits per heavy atom. The van der Waals surface area contributed by atoms with E-state index < -0.39 is 5.97 Å². The Balaban J connectivity index is 2.35. The van der Waals surface area contributed by atoms with Gasteiger partial charge >= 0.3 is 5.97 Å². The zero-order chi connectivity index (χ0) is 14.0. The third-order valence-corrected chi connectivity index (χ3v) is 3.54. The number of aliphatic imine (C=N–C) groups is 1. The lowest BCUT2D eigenvalue weighted by Crippen LogP contribution is -2.16. The van der Waals surface area contributed by atoms with Crippen LogP contribution in [0.5, 0.6) is 11.5 Å². The number of hydrogen-bond acceptors (Lipinski definition) is 6. The minimum atomic E-state index is -0.427. The molecule has 0 aromatic heterocycles. The van der Waals surface area contributed by atoms with Crippen molar-refractivity contribution in [1.29, 1.82) is 5.41 Å². The Hall–Kier alpha value is -2.02. The summed E-state index contributed by atoms with van der Waals surface area (Å²) in [5.74, 6) is 0.740. The van der Waals surface area contributed by atoms with Crippen LogP contribution in [0.25, 0.3) is 0 Å². The molecule has 1 aliphatic heterocycles. The molecule has 0 spiro atoms. The van der Waals surface area contributed by atoms with Crippen molar-refractivity contribution in [3.63, 3.8) is 0 Å². The molecule has 1 aromatic carbocycles. The molecular formula is C12H13N3O3S. The minimum absolute atomic E-state index is 0.173. The lowest BCUT2D eigenvalue weighted by molar-refractivity contribution is -0.132. The van der Waals surface area contributed by atoms with Crippen LogP contribution in [-0.2, 0) is 4.79 Å². The molecule has 1 unspecified atom stereocenters. The van der Waals surface area contributed by atoms with Gasteiger partial charge < -0.3 is 15.2 Å². The maximum atomic E-state index is 11.1. The number of nitrogens with zero attached hydrogens (tertiary/aromatic N) is 1. The first kappa shape index (κ1) is 13.4. The quantitative estimate of drug-likeness (QED) is 0.648. The molecule has 1 heterocycles. The second-order valence-electron chi connectivity index (χ2n) is 3.84. The molecule has 0 aliphatic carbocycles. The summed E-state index contributed by atoms with van der Waals surface area (Å²) in [7, 11) is 1.50. The number of ether oxygens (including phenoxy) is 2. The first-order chi connectivity index (χ1) is 9.01. The van der Waals surface area contributed by atoms with Crippen LogP contribution in [0.3, 0.4) is 0 Å². The van der Waals surface area contributed by atoms with Crippen LogP contribution in [0.4, 0.5) is 0 Å². The lowest BCUT2D eigenvalue weighted by atomic mass is 10.1. The van der Waals surface area contributed by atoms with Gasteiger partial charge in [-0.25, -0.2) is 4.99 Å². The molecule has 0 saturated heterocycles. The number of carbonyl (C=O) groups is 1. The Labute approximate surface area is 114 Å². The van der Waals surface area contributed by atoms with Gasteiger partial charge in [0.1, 0.15) is 5.84 Å². The number of nitrogens with one attached hydrogen (secondary N) is 1. The van der Waals surface area contributed by atoms with Gasteiger partial charge in [0.25, 0.3) is 0 Å². The normalized spacial score (nSPS) is 18.1. The van der Waals surface area contributed by atoms with Gasteiger partial charge in [-0.2, -0.15) is 0 Å². The molecule has 19 heavy (non-hydrogen) atoms. The summed E-state index contributed by atoms with van der Waals surface area (Å²) in [4.78, 5) is 14.9. The van der Waals surface area contributed by atoms with Gasteiger partial charge in [0.05, 0.1) is 12.4 Å². The van der Waals surface area contributed by atoms with E-state index in [0.29, 0.717) is 17.3 Å². The van der Waals surface area contributed by atoms with Crippen molar-refractivity contribution < 1.29 is 14.3 Å². The zero-order valence-corrected chi connectivity index (χ0v) is 11.3. The molecule has 1 aromatic rings. The van der Waals surface area contributed by atoms with E-state index >= 15 is 0 Å². The smallest absolute Gasteiger partial charge is 0.308 e. The Morgan fingerprint density at radius 3 is 2.74 bits per heavy atom. The highest BCUT2D eigenvalue weighted by molar-refractivity contribution is 8.15. The third-order valence-electron chi connectivity index (χ3n) is 2.47. The van der Waals surface area contributed by atoms with Crippen molar-refractivity contribution in [2.75, 3.05) is 7.11 Å². The summed E-state index contributed by atoms with van der Waals surface area (Å²) in [6.07, 6.45) is 0. The number of benzene rings is 1. The maximum Gasteiger partial charge on any atom is 0.308 e.